The fourth-order valence-electron chi connectivity index (χ4n) is 2.73. The Bertz CT molecular complexity index is 417. The molecule has 17 heavy (non-hydrogen) atoms. The normalized spacial score (nSPS) is 30.5. The fraction of sp³-hybridized carbons (Fsp3) is 0.500. The van der Waals surface area contributed by atoms with E-state index in [1.807, 2.05) is 30.3 Å². The van der Waals surface area contributed by atoms with Crippen LogP contribution in [-0.4, -0.2) is 18.1 Å². The van der Waals surface area contributed by atoms with E-state index in [0.29, 0.717) is 12.5 Å². The molecule has 0 bridgehead atoms. The average Bonchev–Trinajstić information content (AvgIpc) is 3.13. The molecule has 0 aromatic heterocycles. The lowest BCUT2D eigenvalue weighted by molar-refractivity contribution is -0.149. The first-order valence-corrected chi connectivity index (χ1v) is 6.27. The van der Waals surface area contributed by atoms with Crippen LogP contribution in [0.5, 0.6) is 0 Å². The second-order valence-electron chi connectivity index (χ2n) is 5.00. The van der Waals surface area contributed by atoms with E-state index in [1.165, 1.54) is 6.42 Å². The van der Waals surface area contributed by atoms with Crippen molar-refractivity contribution in [3.05, 3.63) is 35.9 Å². The van der Waals surface area contributed by atoms with Crippen LogP contribution in [0.2, 0.25) is 0 Å². The lowest BCUT2D eigenvalue weighted by Crippen LogP contribution is -2.45. The third-order valence-corrected chi connectivity index (χ3v) is 3.85. The topological polar surface area (TPSA) is 38.3 Å². The molecule has 3 heteroatoms. The average molecular weight is 231 g/mol. The number of carbonyl (C=O) groups is 1. The zero-order valence-electron chi connectivity index (χ0n) is 9.82. The van der Waals surface area contributed by atoms with Crippen molar-refractivity contribution in [2.24, 2.45) is 5.92 Å². The zero-order valence-corrected chi connectivity index (χ0v) is 9.82. The first-order valence-electron chi connectivity index (χ1n) is 6.27. The minimum absolute atomic E-state index is 0.0638. The lowest BCUT2D eigenvalue weighted by atomic mass is 10.1. The minimum Gasteiger partial charge on any atom is -0.459 e. The van der Waals surface area contributed by atoms with Gasteiger partial charge in [-0.2, -0.15) is 0 Å². The van der Waals surface area contributed by atoms with Crippen molar-refractivity contribution in [3.8, 4) is 0 Å². The number of ether oxygens (including phenoxy) is 1. The quantitative estimate of drug-likeness (QED) is 0.807. The van der Waals surface area contributed by atoms with Gasteiger partial charge in [-0.05, 0) is 37.3 Å². The van der Waals surface area contributed by atoms with Gasteiger partial charge in [0.1, 0.15) is 12.1 Å². The van der Waals surface area contributed by atoms with Crippen LogP contribution in [0.15, 0.2) is 30.3 Å². The van der Waals surface area contributed by atoms with Gasteiger partial charge >= 0.3 is 5.97 Å². The summed E-state index contributed by atoms with van der Waals surface area (Å²) in [5.74, 6) is 0.450. The van der Waals surface area contributed by atoms with Crippen LogP contribution in [0.25, 0.3) is 0 Å². The molecule has 2 fully saturated rings. The minimum atomic E-state index is -0.326. The smallest absolute Gasteiger partial charge is 0.326 e. The molecule has 1 aromatic rings. The summed E-state index contributed by atoms with van der Waals surface area (Å²) in [4.78, 5) is 12.1. The maximum atomic E-state index is 12.1. The fourth-order valence-corrected chi connectivity index (χ4v) is 2.73. The molecule has 3 rings (SSSR count). The molecule has 1 aromatic carbocycles. The van der Waals surface area contributed by atoms with Gasteiger partial charge in [0.2, 0.25) is 0 Å². The van der Waals surface area contributed by atoms with E-state index in [4.69, 9.17) is 4.74 Å². The molecule has 1 aliphatic carbocycles. The highest BCUT2D eigenvalue weighted by molar-refractivity contribution is 5.85. The van der Waals surface area contributed by atoms with Crippen LogP contribution in [0, 0.1) is 5.92 Å². The third kappa shape index (κ3) is 1.95. The van der Waals surface area contributed by atoms with E-state index < -0.39 is 0 Å². The van der Waals surface area contributed by atoms with Gasteiger partial charge in [0.05, 0.1) is 0 Å². The lowest BCUT2D eigenvalue weighted by Gasteiger charge is -2.22. The standard InChI is InChI=1S/C14H17NO2/c16-13(14-9-12(14)7-4-8-15-14)17-10-11-5-2-1-3-6-11/h1-3,5-6,12,15H,4,7-10H2/t12-,14+/m1/s1. The first kappa shape index (κ1) is 10.8. The molecule has 1 heterocycles. The van der Waals surface area contributed by atoms with Crippen LogP contribution >= 0.6 is 0 Å². The Morgan fingerprint density at radius 2 is 2.24 bits per heavy atom. The molecule has 2 aliphatic rings. The highest BCUT2D eigenvalue weighted by atomic mass is 16.5. The third-order valence-electron chi connectivity index (χ3n) is 3.85. The Balaban J connectivity index is 1.58. The van der Waals surface area contributed by atoms with Crippen LogP contribution in [0.1, 0.15) is 24.8 Å². The number of hydrogen-bond donors (Lipinski definition) is 1. The van der Waals surface area contributed by atoms with Crippen molar-refractivity contribution in [1.29, 1.82) is 0 Å². The van der Waals surface area contributed by atoms with Crippen molar-refractivity contribution in [2.75, 3.05) is 6.54 Å². The molecule has 1 saturated carbocycles. The molecule has 1 N–H and O–H groups in total. The van der Waals surface area contributed by atoms with E-state index in [0.717, 1.165) is 24.9 Å². The molecule has 0 radical (unpaired) electrons. The van der Waals surface area contributed by atoms with E-state index in [2.05, 4.69) is 5.32 Å². The number of nitrogens with one attached hydrogen (secondary N) is 1. The first-order chi connectivity index (χ1) is 8.31. The Hall–Kier alpha value is -1.35. The maximum Gasteiger partial charge on any atom is 0.326 e. The Kier molecular flexibility index (Phi) is 2.63. The summed E-state index contributed by atoms with van der Waals surface area (Å²) in [7, 11) is 0. The van der Waals surface area contributed by atoms with Crippen molar-refractivity contribution in [3.63, 3.8) is 0 Å². The van der Waals surface area contributed by atoms with E-state index in [-0.39, 0.29) is 11.5 Å². The molecule has 90 valence electrons. The van der Waals surface area contributed by atoms with E-state index in [9.17, 15) is 4.79 Å². The van der Waals surface area contributed by atoms with Gasteiger partial charge in [0.25, 0.3) is 0 Å². The summed E-state index contributed by atoms with van der Waals surface area (Å²) in [5.41, 5.74) is 0.720. The van der Waals surface area contributed by atoms with Crippen molar-refractivity contribution >= 4 is 5.97 Å². The van der Waals surface area contributed by atoms with E-state index >= 15 is 0 Å². The largest absolute Gasteiger partial charge is 0.459 e. The summed E-state index contributed by atoms with van der Waals surface area (Å²) in [6.45, 7) is 1.33. The van der Waals surface area contributed by atoms with Crippen molar-refractivity contribution in [2.45, 2.75) is 31.4 Å². The molecule has 0 unspecified atom stereocenters. The molecular formula is C14H17NO2. The number of piperidine rings is 1. The van der Waals surface area contributed by atoms with Crippen LogP contribution in [0.3, 0.4) is 0 Å². The number of hydrogen-bond acceptors (Lipinski definition) is 3. The molecule has 1 aliphatic heterocycles. The Morgan fingerprint density at radius 1 is 1.41 bits per heavy atom. The molecule has 1 saturated heterocycles. The monoisotopic (exact) mass is 231 g/mol. The highest BCUT2D eigenvalue weighted by Gasteiger charge is 2.61. The molecule has 2 atom stereocenters. The van der Waals surface area contributed by atoms with Gasteiger partial charge in [-0.15, -0.1) is 0 Å². The summed E-state index contributed by atoms with van der Waals surface area (Å²) >= 11 is 0. The molecular weight excluding hydrogens is 214 g/mol. The highest BCUT2D eigenvalue weighted by Crippen LogP contribution is 2.49. The van der Waals surface area contributed by atoms with Crippen LogP contribution < -0.4 is 5.32 Å². The number of benzene rings is 1. The van der Waals surface area contributed by atoms with Gasteiger partial charge in [-0.1, -0.05) is 30.3 Å². The Labute approximate surface area is 101 Å². The molecule has 0 amide bonds. The van der Waals surface area contributed by atoms with E-state index in [1.54, 1.807) is 0 Å². The van der Waals surface area contributed by atoms with Crippen molar-refractivity contribution < 1.29 is 9.53 Å². The summed E-state index contributed by atoms with van der Waals surface area (Å²) < 4.78 is 5.41. The summed E-state index contributed by atoms with van der Waals surface area (Å²) in [5, 5.41) is 3.33. The molecule has 3 nitrogen and oxygen atoms in total. The SMILES string of the molecule is O=C(OCc1ccccc1)[C@]12C[C@H]1CCCN2. The summed E-state index contributed by atoms with van der Waals surface area (Å²) in [6.07, 6.45) is 3.30. The van der Waals surface area contributed by atoms with Gasteiger partial charge < -0.3 is 10.1 Å². The number of carbonyl (C=O) groups excluding carboxylic acids is 1. The zero-order chi connectivity index (χ0) is 11.7. The van der Waals surface area contributed by atoms with Gasteiger partial charge in [-0.3, -0.25) is 4.79 Å². The number of rotatable bonds is 3. The predicted octanol–water partition coefficient (Wildman–Crippen LogP) is 1.87. The maximum absolute atomic E-state index is 12.1. The van der Waals surface area contributed by atoms with Gasteiger partial charge in [0.15, 0.2) is 0 Å². The van der Waals surface area contributed by atoms with Crippen LogP contribution in [0.4, 0.5) is 0 Å². The summed E-state index contributed by atoms with van der Waals surface area (Å²) in [6, 6.07) is 9.83. The second kappa shape index (κ2) is 4.15. The number of esters is 1. The van der Waals surface area contributed by atoms with Gasteiger partial charge in [-0.25, -0.2) is 0 Å². The predicted molar refractivity (Wildman–Crippen MR) is 64.3 cm³/mol. The van der Waals surface area contributed by atoms with Crippen LogP contribution in [-0.2, 0) is 16.1 Å². The van der Waals surface area contributed by atoms with Crippen molar-refractivity contribution in [1.82, 2.24) is 5.32 Å². The molecule has 0 spiro atoms. The van der Waals surface area contributed by atoms with Gasteiger partial charge in [0, 0.05) is 0 Å². The second-order valence-corrected chi connectivity index (χ2v) is 5.00. The number of fused-ring (bicyclic) bond motifs is 1. The Morgan fingerprint density at radius 3 is 3.00 bits per heavy atom.